The summed E-state index contributed by atoms with van der Waals surface area (Å²) in [5.74, 6) is 0.413. The van der Waals surface area contributed by atoms with Gasteiger partial charge in [-0.05, 0) is 57.2 Å². The second kappa shape index (κ2) is 10.0. The van der Waals surface area contributed by atoms with Gasteiger partial charge in [0.05, 0.1) is 33.0 Å². The molecule has 1 aliphatic carbocycles. The quantitative estimate of drug-likeness (QED) is 0.482. The van der Waals surface area contributed by atoms with Crippen molar-refractivity contribution in [2.45, 2.75) is 52.1 Å². The number of carbonyl (C=O) groups excluding carboxylic acids is 2. The smallest absolute Gasteiger partial charge is 0.341 e. The molecule has 3 rings (SSSR count). The van der Waals surface area contributed by atoms with Crippen LogP contribution in [0.5, 0.6) is 17.2 Å². The van der Waals surface area contributed by atoms with Crippen LogP contribution in [0.25, 0.3) is 0 Å². The third-order valence-corrected chi connectivity index (χ3v) is 6.33. The molecule has 31 heavy (non-hydrogen) atoms. The van der Waals surface area contributed by atoms with Gasteiger partial charge < -0.3 is 24.3 Å². The summed E-state index contributed by atoms with van der Waals surface area (Å²) in [5, 5.41) is 3.45. The first-order valence-electron chi connectivity index (χ1n) is 10.4. The predicted molar refractivity (Wildman–Crippen MR) is 120 cm³/mol. The number of hydrogen-bond acceptors (Lipinski definition) is 7. The highest BCUT2D eigenvalue weighted by Crippen LogP contribution is 2.40. The summed E-state index contributed by atoms with van der Waals surface area (Å²) in [5.41, 5.74) is 1.83. The van der Waals surface area contributed by atoms with E-state index in [1.54, 1.807) is 12.1 Å². The Balaban J connectivity index is 1.98. The van der Waals surface area contributed by atoms with Gasteiger partial charge >= 0.3 is 5.97 Å². The predicted octanol–water partition coefficient (Wildman–Crippen LogP) is 4.86. The zero-order valence-corrected chi connectivity index (χ0v) is 19.4. The number of methoxy groups -OCH3 is 3. The number of rotatable bonds is 7. The topological polar surface area (TPSA) is 83.1 Å². The van der Waals surface area contributed by atoms with E-state index in [0.717, 1.165) is 42.5 Å². The lowest BCUT2D eigenvalue weighted by Crippen LogP contribution is -2.17. The van der Waals surface area contributed by atoms with Gasteiger partial charge in [0.2, 0.25) is 5.75 Å². The molecule has 7 nitrogen and oxygen atoms in total. The maximum atomic E-state index is 13.1. The van der Waals surface area contributed by atoms with E-state index in [-0.39, 0.29) is 12.0 Å². The molecule has 168 valence electrons. The van der Waals surface area contributed by atoms with E-state index in [0.29, 0.717) is 33.4 Å². The average molecular weight is 448 g/mol. The lowest BCUT2D eigenvalue weighted by Gasteiger charge is -2.14. The molecular formula is C23H29NO6S. The molecule has 0 aliphatic heterocycles. The fraction of sp³-hybridized carbons (Fsp3) is 0.478. The number of esters is 1. The number of carbonyl (C=O) groups is 2. The van der Waals surface area contributed by atoms with Crippen molar-refractivity contribution < 1.29 is 28.5 Å². The summed E-state index contributed by atoms with van der Waals surface area (Å²) in [6.07, 6.45) is 4.70. The van der Waals surface area contributed by atoms with Gasteiger partial charge in [-0.25, -0.2) is 4.79 Å². The number of fused-ring (bicyclic) bond motifs is 1. The molecule has 8 heteroatoms. The molecule has 2 aromatic rings. The number of thiophene rings is 1. The Morgan fingerprint density at radius 2 is 1.61 bits per heavy atom. The van der Waals surface area contributed by atoms with Crippen molar-refractivity contribution >= 4 is 28.2 Å². The highest BCUT2D eigenvalue weighted by Gasteiger charge is 2.28. The largest absolute Gasteiger partial charge is 0.493 e. The first-order chi connectivity index (χ1) is 14.9. The van der Waals surface area contributed by atoms with Crippen LogP contribution in [-0.4, -0.2) is 39.3 Å². The standard InChI is InChI=1S/C23H29NO6S/c1-13(2)30-23(26)19-15-9-7-6-8-10-18(15)31-22(19)24-21(25)14-11-16(27-3)20(29-5)17(12-14)28-4/h11-13H,6-10H2,1-5H3,(H,24,25). The van der Waals surface area contributed by atoms with E-state index >= 15 is 0 Å². The summed E-state index contributed by atoms with van der Waals surface area (Å²) in [6, 6.07) is 3.17. The number of anilines is 1. The fourth-order valence-corrected chi connectivity index (χ4v) is 4.98. The molecule has 1 amide bonds. The monoisotopic (exact) mass is 447 g/mol. The van der Waals surface area contributed by atoms with Crippen LogP contribution in [-0.2, 0) is 17.6 Å². The lowest BCUT2D eigenvalue weighted by atomic mass is 10.1. The van der Waals surface area contributed by atoms with Crippen LogP contribution in [0.4, 0.5) is 5.00 Å². The third-order valence-electron chi connectivity index (χ3n) is 5.12. The molecule has 1 aliphatic rings. The van der Waals surface area contributed by atoms with Crippen molar-refractivity contribution in [3.63, 3.8) is 0 Å². The highest BCUT2D eigenvalue weighted by atomic mass is 32.1. The molecule has 0 saturated carbocycles. The number of amides is 1. The van der Waals surface area contributed by atoms with Crippen LogP contribution in [0.3, 0.4) is 0 Å². The summed E-state index contributed by atoms with van der Waals surface area (Å²) in [6.45, 7) is 3.63. The molecule has 1 heterocycles. The zero-order chi connectivity index (χ0) is 22.5. The Kier molecular flexibility index (Phi) is 7.43. The molecule has 0 spiro atoms. The molecule has 0 radical (unpaired) electrons. The van der Waals surface area contributed by atoms with E-state index < -0.39 is 5.97 Å². The Morgan fingerprint density at radius 3 is 2.19 bits per heavy atom. The van der Waals surface area contributed by atoms with Crippen molar-refractivity contribution in [1.82, 2.24) is 0 Å². The van der Waals surface area contributed by atoms with E-state index in [9.17, 15) is 9.59 Å². The van der Waals surface area contributed by atoms with Crippen LogP contribution in [0, 0.1) is 0 Å². The van der Waals surface area contributed by atoms with Crippen molar-refractivity contribution in [3.8, 4) is 17.2 Å². The van der Waals surface area contributed by atoms with Gasteiger partial charge in [-0.1, -0.05) is 6.42 Å². The highest BCUT2D eigenvalue weighted by molar-refractivity contribution is 7.17. The van der Waals surface area contributed by atoms with Gasteiger partial charge in [0.15, 0.2) is 11.5 Å². The average Bonchev–Trinajstić information content (AvgIpc) is 2.92. The SMILES string of the molecule is COc1cc(C(=O)Nc2sc3c(c2C(=O)OC(C)C)CCCCC3)cc(OC)c1OC. The maximum absolute atomic E-state index is 13.1. The molecule has 0 bridgehead atoms. The maximum Gasteiger partial charge on any atom is 0.341 e. The molecular weight excluding hydrogens is 418 g/mol. The number of hydrogen-bond donors (Lipinski definition) is 1. The van der Waals surface area contributed by atoms with E-state index in [1.165, 1.54) is 32.7 Å². The first-order valence-corrected chi connectivity index (χ1v) is 11.2. The van der Waals surface area contributed by atoms with Crippen molar-refractivity contribution in [2.24, 2.45) is 0 Å². The molecule has 0 unspecified atom stereocenters. The Bertz CT molecular complexity index is 940. The molecule has 0 atom stereocenters. The van der Waals surface area contributed by atoms with Crippen molar-refractivity contribution in [3.05, 3.63) is 33.7 Å². The minimum Gasteiger partial charge on any atom is -0.493 e. The normalized spacial score (nSPS) is 13.2. The summed E-state index contributed by atoms with van der Waals surface area (Å²) in [4.78, 5) is 27.2. The van der Waals surface area contributed by atoms with Crippen LogP contribution < -0.4 is 19.5 Å². The van der Waals surface area contributed by atoms with E-state index in [1.807, 2.05) is 13.8 Å². The Morgan fingerprint density at radius 1 is 0.968 bits per heavy atom. The van der Waals surface area contributed by atoms with Crippen molar-refractivity contribution in [1.29, 1.82) is 0 Å². The molecule has 0 fully saturated rings. The van der Waals surface area contributed by atoms with Crippen molar-refractivity contribution in [2.75, 3.05) is 26.6 Å². The zero-order valence-electron chi connectivity index (χ0n) is 18.6. The van der Waals surface area contributed by atoms with Gasteiger partial charge in [-0.15, -0.1) is 11.3 Å². The van der Waals surface area contributed by atoms with E-state index in [4.69, 9.17) is 18.9 Å². The van der Waals surface area contributed by atoms with Crippen LogP contribution in [0.2, 0.25) is 0 Å². The molecule has 1 N–H and O–H groups in total. The van der Waals surface area contributed by atoms with Gasteiger partial charge in [0.25, 0.3) is 5.91 Å². The minimum absolute atomic E-state index is 0.243. The summed E-state index contributed by atoms with van der Waals surface area (Å²) in [7, 11) is 4.50. The van der Waals surface area contributed by atoms with Crippen LogP contribution >= 0.6 is 11.3 Å². The first kappa shape index (κ1) is 22.9. The number of aryl methyl sites for hydroxylation is 1. The van der Waals surface area contributed by atoms with Crippen LogP contribution in [0.1, 0.15) is 64.3 Å². The Labute approximate surface area is 186 Å². The third kappa shape index (κ3) is 4.95. The fourth-order valence-electron chi connectivity index (χ4n) is 3.71. The van der Waals surface area contributed by atoms with Gasteiger partial charge in [-0.2, -0.15) is 0 Å². The van der Waals surface area contributed by atoms with Gasteiger partial charge in [-0.3, -0.25) is 4.79 Å². The van der Waals surface area contributed by atoms with E-state index in [2.05, 4.69) is 5.32 Å². The van der Waals surface area contributed by atoms with Crippen LogP contribution in [0.15, 0.2) is 12.1 Å². The minimum atomic E-state index is -0.394. The van der Waals surface area contributed by atoms with Gasteiger partial charge in [0.1, 0.15) is 5.00 Å². The molecule has 0 saturated heterocycles. The second-order valence-electron chi connectivity index (χ2n) is 7.59. The number of nitrogens with one attached hydrogen (secondary N) is 1. The van der Waals surface area contributed by atoms with Gasteiger partial charge in [0, 0.05) is 10.4 Å². The second-order valence-corrected chi connectivity index (χ2v) is 8.70. The lowest BCUT2D eigenvalue weighted by molar-refractivity contribution is 0.0378. The number of ether oxygens (including phenoxy) is 4. The summed E-state index contributed by atoms with van der Waals surface area (Å²) >= 11 is 1.46. The number of benzene rings is 1. The Hall–Kier alpha value is -2.74. The summed E-state index contributed by atoms with van der Waals surface area (Å²) < 4.78 is 21.5. The molecule has 1 aromatic heterocycles. The molecule has 1 aromatic carbocycles.